The van der Waals surface area contributed by atoms with E-state index in [4.69, 9.17) is 16.3 Å². The number of fused-ring (bicyclic) bond motifs is 1. The zero-order valence-electron chi connectivity index (χ0n) is 20.1. The molecule has 6 heteroatoms. The maximum atomic E-state index is 13.4. The molecule has 2 amide bonds. The van der Waals surface area contributed by atoms with Crippen LogP contribution >= 0.6 is 11.6 Å². The van der Waals surface area contributed by atoms with Gasteiger partial charge in [0, 0.05) is 16.6 Å². The maximum Gasteiger partial charge on any atom is 0.294 e. The lowest BCUT2D eigenvalue weighted by atomic mass is 10.1. The number of amides is 2. The number of benzene rings is 3. The minimum Gasteiger partial charge on any atom is -0.449 e. The van der Waals surface area contributed by atoms with Crippen LogP contribution in [0, 0.1) is 0 Å². The van der Waals surface area contributed by atoms with E-state index in [1.165, 1.54) is 25.7 Å². The van der Waals surface area contributed by atoms with E-state index in [1.807, 2.05) is 60.7 Å². The number of hydrogen-bond acceptors (Lipinski definition) is 3. The average Bonchev–Trinajstić information content (AvgIpc) is 3.17. The van der Waals surface area contributed by atoms with Gasteiger partial charge >= 0.3 is 0 Å². The van der Waals surface area contributed by atoms with Gasteiger partial charge in [-0.25, -0.2) is 0 Å². The highest BCUT2D eigenvalue weighted by molar-refractivity contribution is 6.30. The third kappa shape index (κ3) is 5.63. The summed E-state index contributed by atoms with van der Waals surface area (Å²) >= 11 is 6.03. The quantitative estimate of drug-likeness (QED) is 0.311. The molecular formula is C30H29ClN2O3. The highest BCUT2D eigenvalue weighted by Gasteiger charge is 2.30. The van der Waals surface area contributed by atoms with E-state index >= 15 is 0 Å². The van der Waals surface area contributed by atoms with Gasteiger partial charge in [0.25, 0.3) is 11.8 Å². The lowest BCUT2D eigenvalue weighted by molar-refractivity contribution is -0.117. The Morgan fingerprint density at radius 3 is 2.36 bits per heavy atom. The van der Waals surface area contributed by atoms with Crippen LogP contribution in [0.2, 0.25) is 5.02 Å². The molecule has 0 unspecified atom stereocenters. The van der Waals surface area contributed by atoms with Gasteiger partial charge in [0.1, 0.15) is 0 Å². The molecule has 2 aliphatic rings. The van der Waals surface area contributed by atoms with Crippen molar-refractivity contribution in [1.82, 2.24) is 5.32 Å². The number of carbonyl (C=O) groups is 2. The Balaban J connectivity index is 1.34. The first-order chi connectivity index (χ1) is 17.6. The van der Waals surface area contributed by atoms with Crippen molar-refractivity contribution in [3.8, 4) is 5.75 Å². The van der Waals surface area contributed by atoms with Gasteiger partial charge in [-0.15, -0.1) is 0 Å². The van der Waals surface area contributed by atoms with E-state index in [9.17, 15) is 9.59 Å². The van der Waals surface area contributed by atoms with E-state index in [1.54, 1.807) is 23.1 Å². The van der Waals surface area contributed by atoms with Gasteiger partial charge in [0.15, 0.2) is 11.5 Å². The van der Waals surface area contributed by atoms with Gasteiger partial charge in [0.2, 0.25) is 0 Å². The highest BCUT2D eigenvalue weighted by Crippen LogP contribution is 2.36. The standard InChI is InChI=1S/C30H29ClN2O3/c31-24-17-13-22(14-18-24)20-33-26-9-5-6-10-27(26)36-28(30(33)35)19-21-11-15-23(16-12-21)29(34)32-25-7-3-1-2-4-8-25/h5-6,9-19,25H,1-4,7-8,20H2,(H,32,34). The normalized spacial score (nSPS) is 17.3. The molecule has 0 atom stereocenters. The smallest absolute Gasteiger partial charge is 0.294 e. The van der Waals surface area contributed by atoms with Crippen molar-refractivity contribution in [2.75, 3.05) is 4.90 Å². The van der Waals surface area contributed by atoms with Crippen LogP contribution in [-0.4, -0.2) is 17.9 Å². The number of para-hydroxylation sites is 2. The topological polar surface area (TPSA) is 58.6 Å². The van der Waals surface area contributed by atoms with Gasteiger partial charge in [-0.05, 0) is 66.4 Å². The predicted octanol–water partition coefficient (Wildman–Crippen LogP) is 6.76. The van der Waals surface area contributed by atoms with Crippen molar-refractivity contribution in [3.05, 3.63) is 100 Å². The molecule has 3 aromatic rings. The second-order valence-corrected chi connectivity index (χ2v) is 9.82. The highest BCUT2D eigenvalue weighted by atomic mass is 35.5. The molecule has 0 spiro atoms. The molecule has 0 aromatic heterocycles. The first kappa shape index (κ1) is 24.1. The van der Waals surface area contributed by atoms with Crippen molar-refractivity contribution in [3.63, 3.8) is 0 Å². The number of halogens is 1. The molecule has 36 heavy (non-hydrogen) atoms. The van der Waals surface area contributed by atoms with E-state index in [0.717, 1.165) is 29.7 Å². The van der Waals surface area contributed by atoms with Crippen LogP contribution < -0.4 is 15.0 Å². The van der Waals surface area contributed by atoms with Crippen LogP contribution in [-0.2, 0) is 11.3 Å². The summed E-state index contributed by atoms with van der Waals surface area (Å²) in [4.78, 5) is 27.9. The van der Waals surface area contributed by atoms with Crippen LogP contribution in [0.4, 0.5) is 5.69 Å². The number of rotatable bonds is 5. The summed E-state index contributed by atoms with van der Waals surface area (Å²) in [6, 6.07) is 22.5. The third-order valence-electron chi connectivity index (χ3n) is 6.75. The molecule has 3 aromatic carbocycles. The molecule has 0 saturated heterocycles. The fraction of sp³-hybridized carbons (Fsp3) is 0.267. The second kappa shape index (κ2) is 11.0. The molecule has 0 radical (unpaired) electrons. The molecule has 5 nitrogen and oxygen atoms in total. The SMILES string of the molecule is O=C(NC1CCCCCC1)c1ccc(C=C2Oc3ccccc3N(Cc3ccc(Cl)cc3)C2=O)cc1. The summed E-state index contributed by atoms with van der Waals surface area (Å²) in [5, 5.41) is 3.83. The molecule has 1 heterocycles. The summed E-state index contributed by atoms with van der Waals surface area (Å²) in [5.74, 6) is 0.586. The van der Waals surface area contributed by atoms with E-state index in [-0.39, 0.29) is 23.6 Å². The van der Waals surface area contributed by atoms with Crippen molar-refractivity contribution >= 4 is 35.2 Å². The number of ether oxygens (including phenoxy) is 1. The van der Waals surface area contributed by atoms with Crippen molar-refractivity contribution in [1.29, 1.82) is 0 Å². The molecule has 1 saturated carbocycles. The number of anilines is 1. The van der Waals surface area contributed by atoms with Crippen LogP contribution in [0.25, 0.3) is 6.08 Å². The molecule has 1 fully saturated rings. The second-order valence-electron chi connectivity index (χ2n) is 9.38. The Kier molecular flexibility index (Phi) is 7.38. The maximum absolute atomic E-state index is 13.4. The molecule has 0 bridgehead atoms. The molecule has 184 valence electrons. The fourth-order valence-electron chi connectivity index (χ4n) is 4.77. The molecule has 5 rings (SSSR count). The summed E-state index contributed by atoms with van der Waals surface area (Å²) in [6.07, 6.45) is 8.65. The first-order valence-electron chi connectivity index (χ1n) is 12.5. The number of carbonyl (C=O) groups excluding carboxylic acids is 2. The number of nitrogens with zero attached hydrogens (tertiary/aromatic N) is 1. The summed E-state index contributed by atoms with van der Waals surface area (Å²) < 4.78 is 5.99. The van der Waals surface area contributed by atoms with E-state index < -0.39 is 0 Å². The molecule has 1 aliphatic carbocycles. The van der Waals surface area contributed by atoms with Gasteiger partial charge in [-0.2, -0.15) is 0 Å². The zero-order chi connectivity index (χ0) is 24.9. The van der Waals surface area contributed by atoms with E-state index in [2.05, 4.69) is 5.32 Å². The van der Waals surface area contributed by atoms with E-state index in [0.29, 0.717) is 22.9 Å². The predicted molar refractivity (Wildman–Crippen MR) is 143 cm³/mol. The largest absolute Gasteiger partial charge is 0.449 e. The Morgan fingerprint density at radius 2 is 1.64 bits per heavy atom. The van der Waals surface area contributed by atoms with Crippen LogP contribution in [0.1, 0.15) is 60.0 Å². The Labute approximate surface area is 216 Å². The van der Waals surface area contributed by atoms with Gasteiger partial charge < -0.3 is 10.1 Å². The minimum absolute atomic E-state index is 0.0471. The summed E-state index contributed by atoms with van der Waals surface area (Å²) in [6.45, 7) is 0.397. The molecule has 1 N–H and O–H groups in total. The lowest BCUT2D eigenvalue weighted by Gasteiger charge is -2.30. The van der Waals surface area contributed by atoms with Gasteiger partial charge in [-0.1, -0.05) is 73.7 Å². The van der Waals surface area contributed by atoms with Crippen LogP contribution in [0.15, 0.2) is 78.6 Å². The third-order valence-corrected chi connectivity index (χ3v) is 7.00. The summed E-state index contributed by atoms with van der Waals surface area (Å²) in [5.41, 5.74) is 3.09. The average molecular weight is 501 g/mol. The monoisotopic (exact) mass is 500 g/mol. The van der Waals surface area contributed by atoms with Crippen LogP contribution in [0.3, 0.4) is 0 Å². The first-order valence-corrected chi connectivity index (χ1v) is 12.9. The minimum atomic E-state index is -0.223. The van der Waals surface area contributed by atoms with Crippen molar-refractivity contribution in [2.24, 2.45) is 0 Å². The van der Waals surface area contributed by atoms with Crippen molar-refractivity contribution < 1.29 is 14.3 Å². The Hall–Kier alpha value is -3.57. The van der Waals surface area contributed by atoms with Crippen LogP contribution in [0.5, 0.6) is 5.75 Å². The number of nitrogens with one attached hydrogen (secondary N) is 1. The van der Waals surface area contributed by atoms with Gasteiger partial charge in [0.05, 0.1) is 12.2 Å². The molecule has 1 aliphatic heterocycles. The lowest BCUT2D eigenvalue weighted by Crippen LogP contribution is -2.36. The fourth-order valence-corrected chi connectivity index (χ4v) is 4.89. The Bertz CT molecular complexity index is 1260. The Morgan fingerprint density at radius 1 is 0.944 bits per heavy atom. The number of hydrogen-bond donors (Lipinski definition) is 1. The van der Waals surface area contributed by atoms with Crippen molar-refractivity contribution in [2.45, 2.75) is 51.1 Å². The summed E-state index contributed by atoms with van der Waals surface area (Å²) in [7, 11) is 0. The van der Waals surface area contributed by atoms with Gasteiger partial charge in [-0.3, -0.25) is 14.5 Å². The molecular weight excluding hydrogens is 472 g/mol. The zero-order valence-corrected chi connectivity index (χ0v) is 20.8.